The Kier molecular flexibility index (Phi) is 2.07. The largest absolute Gasteiger partial charge is 0.472 e. The van der Waals surface area contributed by atoms with Gasteiger partial charge in [-0.25, -0.2) is 0 Å². The van der Waals surface area contributed by atoms with Crippen molar-refractivity contribution in [2.75, 3.05) is 5.73 Å². The Hall–Kier alpha value is -2.03. The predicted molar refractivity (Wildman–Crippen MR) is 53.9 cm³/mol. The third-order valence-electron chi connectivity index (χ3n) is 2.07. The Bertz CT molecular complexity index is 446. The Balaban J connectivity index is 2.48. The smallest absolute Gasteiger partial charge is 0.152 e. The molecule has 1 aromatic carbocycles. The van der Waals surface area contributed by atoms with E-state index in [4.69, 9.17) is 10.2 Å². The molecule has 1 aromatic heterocycles. The molecule has 0 bridgehead atoms. The molecule has 0 aliphatic carbocycles. The standard InChI is InChI=1S/C11H9NO2/c12-11-5-8(1-2-9(11)6-13)10-3-4-14-7-10/h1-7H,12H2. The van der Waals surface area contributed by atoms with E-state index in [1.165, 1.54) is 0 Å². The molecule has 3 nitrogen and oxygen atoms in total. The number of carbonyl (C=O) groups excluding carboxylic acids is 1. The van der Waals surface area contributed by atoms with Gasteiger partial charge in [0.15, 0.2) is 6.29 Å². The molecule has 0 saturated carbocycles. The van der Waals surface area contributed by atoms with Crippen molar-refractivity contribution in [1.82, 2.24) is 0 Å². The van der Waals surface area contributed by atoms with Crippen LogP contribution in [0, 0.1) is 0 Å². The van der Waals surface area contributed by atoms with Gasteiger partial charge >= 0.3 is 0 Å². The monoisotopic (exact) mass is 187 g/mol. The zero-order chi connectivity index (χ0) is 9.97. The lowest BCUT2D eigenvalue weighted by molar-refractivity contribution is 0.112. The van der Waals surface area contributed by atoms with Crippen molar-refractivity contribution in [3.05, 3.63) is 42.4 Å². The molecule has 14 heavy (non-hydrogen) atoms. The van der Waals surface area contributed by atoms with Gasteiger partial charge in [-0.05, 0) is 23.8 Å². The lowest BCUT2D eigenvalue weighted by Gasteiger charge is -2.01. The van der Waals surface area contributed by atoms with Crippen LogP contribution in [0.15, 0.2) is 41.2 Å². The predicted octanol–water partition coefficient (Wildman–Crippen LogP) is 2.34. The van der Waals surface area contributed by atoms with Gasteiger partial charge in [-0.1, -0.05) is 6.07 Å². The first-order valence-corrected chi connectivity index (χ1v) is 4.18. The minimum atomic E-state index is 0.485. The molecule has 2 rings (SSSR count). The normalized spacial score (nSPS) is 10.0. The zero-order valence-electron chi connectivity index (χ0n) is 7.44. The highest BCUT2D eigenvalue weighted by molar-refractivity contribution is 5.85. The maximum absolute atomic E-state index is 10.5. The highest BCUT2D eigenvalue weighted by Gasteiger charge is 2.02. The molecule has 1 heterocycles. The van der Waals surface area contributed by atoms with Gasteiger partial charge < -0.3 is 10.2 Å². The van der Waals surface area contributed by atoms with Crippen molar-refractivity contribution in [3.8, 4) is 11.1 Å². The number of carbonyl (C=O) groups is 1. The second kappa shape index (κ2) is 3.38. The molecule has 70 valence electrons. The third-order valence-corrected chi connectivity index (χ3v) is 2.07. The summed E-state index contributed by atoms with van der Waals surface area (Å²) in [5.74, 6) is 0. The van der Waals surface area contributed by atoms with Crippen LogP contribution in [0.25, 0.3) is 11.1 Å². The topological polar surface area (TPSA) is 56.2 Å². The molecule has 0 amide bonds. The quantitative estimate of drug-likeness (QED) is 0.580. The molecule has 0 spiro atoms. The van der Waals surface area contributed by atoms with Crippen molar-refractivity contribution in [2.45, 2.75) is 0 Å². The van der Waals surface area contributed by atoms with Crippen molar-refractivity contribution in [1.29, 1.82) is 0 Å². The summed E-state index contributed by atoms with van der Waals surface area (Å²) in [5, 5.41) is 0. The van der Waals surface area contributed by atoms with Crippen LogP contribution in [0.3, 0.4) is 0 Å². The summed E-state index contributed by atoms with van der Waals surface area (Å²) < 4.78 is 4.95. The van der Waals surface area contributed by atoms with Gasteiger partial charge in [0.1, 0.15) is 0 Å². The van der Waals surface area contributed by atoms with Crippen molar-refractivity contribution in [3.63, 3.8) is 0 Å². The van der Waals surface area contributed by atoms with E-state index in [0.29, 0.717) is 11.3 Å². The lowest BCUT2D eigenvalue weighted by atomic mass is 10.1. The van der Waals surface area contributed by atoms with E-state index >= 15 is 0 Å². The number of hydrogen-bond donors (Lipinski definition) is 1. The SMILES string of the molecule is Nc1cc(-c2ccoc2)ccc1C=O. The van der Waals surface area contributed by atoms with Gasteiger partial charge in [0.2, 0.25) is 0 Å². The fourth-order valence-corrected chi connectivity index (χ4v) is 1.29. The van der Waals surface area contributed by atoms with Gasteiger partial charge in [-0.2, -0.15) is 0 Å². The van der Waals surface area contributed by atoms with Crippen molar-refractivity contribution in [2.24, 2.45) is 0 Å². The fourth-order valence-electron chi connectivity index (χ4n) is 1.29. The van der Waals surface area contributed by atoms with Crippen LogP contribution in [-0.4, -0.2) is 6.29 Å². The summed E-state index contributed by atoms with van der Waals surface area (Å²) in [6.45, 7) is 0. The highest BCUT2D eigenvalue weighted by atomic mass is 16.3. The summed E-state index contributed by atoms with van der Waals surface area (Å²) in [4.78, 5) is 10.5. The molecular formula is C11H9NO2. The number of aldehydes is 1. The van der Waals surface area contributed by atoms with Crippen LogP contribution in [0.5, 0.6) is 0 Å². The first-order chi connectivity index (χ1) is 6.81. The minimum Gasteiger partial charge on any atom is -0.472 e. The third kappa shape index (κ3) is 1.40. The summed E-state index contributed by atoms with van der Waals surface area (Å²) in [6, 6.07) is 7.14. The highest BCUT2D eigenvalue weighted by Crippen LogP contribution is 2.23. The molecule has 0 fully saturated rings. The molecule has 0 aliphatic heterocycles. The number of benzene rings is 1. The average molecular weight is 187 g/mol. The second-order valence-electron chi connectivity index (χ2n) is 2.97. The average Bonchev–Trinajstić information content (AvgIpc) is 2.70. The Morgan fingerprint density at radius 1 is 1.21 bits per heavy atom. The van der Waals surface area contributed by atoms with Crippen LogP contribution in [0.4, 0.5) is 5.69 Å². The first-order valence-electron chi connectivity index (χ1n) is 4.18. The molecule has 2 N–H and O–H groups in total. The van der Waals surface area contributed by atoms with Gasteiger partial charge in [-0.3, -0.25) is 4.79 Å². The summed E-state index contributed by atoms with van der Waals surface area (Å²) in [7, 11) is 0. The van der Waals surface area contributed by atoms with Crippen molar-refractivity contribution >= 4 is 12.0 Å². The summed E-state index contributed by atoms with van der Waals surface area (Å²) >= 11 is 0. The maximum Gasteiger partial charge on any atom is 0.152 e. The van der Waals surface area contributed by atoms with E-state index in [-0.39, 0.29) is 0 Å². The minimum absolute atomic E-state index is 0.485. The van der Waals surface area contributed by atoms with E-state index in [1.807, 2.05) is 12.1 Å². The van der Waals surface area contributed by atoms with Gasteiger partial charge in [0.05, 0.1) is 12.5 Å². The van der Waals surface area contributed by atoms with Gasteiger partial charge in [-0.15, -0.1) is 0 Å². The first kappa shape index (κ1) is 8.56. The van der Waals surface area contributed by atoms with E-state index < -0.39 is 0 Å². The van der Waals surface area contributed by atoms with E-state index in [1.54, 1.807) is 24.7 Å². The number of nitrogen functional groups attached to an aromatic ring is 1. The van der Waals surface area contributed by atoms with Crippen LogP contribution in [0.1, 0.15) is 10.4 Å². The van der Waals surface area contributed by atoms with Gasteiger partial charge in [0.25, 0.3) is 0 Å². The Morgan fingerprint density at radius 3 is 2.64 bits per heavy atom. The van der Waals surface area contributed by atoms with Crippen molar-refractivity contribution < 1.29 is 9.21 Å². The molecule has 0 saturated heterocycles. The molecular weight excluding hydrogens is 178 g/mol. The Morgan fingerprint density at radius 2 is 2.07 bits per heavy atom. The number of hydrogen-bond acceptors (Lipinski definition) is 3. The summed E-state index contributed by atoms with van der Waals surface area (Å²) in [5.41, 5.74) is 8.57. The van der Waals surface area contributed by atoms with Crippen LogP contribution >= 0.6 is 0 Å². The molecule has 0 unspecified atom stereocenters. The number of nitrogens with two attached hydrogens (primary N) is 1. The zero-order valence-corrected chi connectivity index (χ0v) is 7.44. The molecule has 2 aromatic rings. The van der Waals surface area contributed by atoms with Crippen LogP contribution < -0.4 is 5.73 Å². The molecule has 0 aliphatic rings. The van der Waals surface area contributed by atoms with E-state index in [9.17, 15) is 4.79 Å². The van der Waals surface area contributed by atoms with Crippen LogP contribution in [-0.2, 0) is 0 Å². The molecule has 0 atom stereocenters. The number of anilines is 1. The number of furan rings is 1. The van der Waals surface area contributed by atoms with E-state index in [2.05, 4.69) is 0 Å². The molecule has 3 heteroatoms. The lowest BCUT2D eigenvalue weighted by Crippen LogP contribution is -1.92. The van der Waals surface area contributed by atoms with Crippen LogP contribution in [0.2, 0.25) is 0 Å². The Labute approximate surface area is 81.1 Å². The maximum atomic E-state index is 10.5. The van der Waals surface area contributed by atoms with Gasteiger partial charge in [0, 0.05) is 16.8 Å². The number of rotatable bonds is 2. The summed E-state index contributed by atoms with van der Waals surface area (Å²) in [6.07, 6.45) is 3.98. The molecule has 0 radical (unpaired) electrons. The fraction of sp³-hybridized carbons (Fsp3) is 0. The second-order valence-corrected chi connectivity index (χ2v) is 2.97. The van der Waals surface area contributed by atoms with E-state index in [0.717, 1.165) is 17.4 Å².